The second-order valence-electron chi connectivity index (χ2n) is 4.39. The van der Waals surface area contributed by atoms with Gasteiger partial charge in [-0.2, -0.15) is 0 Å². The summed E-state index contributed by atoms with van der Waals surface area (Å²) in [5.74, 6) is 5.63. The number of hydrogen-bond donors (Lipinski definition) is 1. The molecule has 0 aromatic carbocycles. The molecule has 1 aromatic rings. The van der Waals surface area contributed by atoms with Gasteiger partial charge in [0, 0.05) is 30.8 Å². The highest BCUT2D eigenvalue weighted by atomic mass is 16.2. The smallest absolute Gasteiger partial charge is 0.272 e. The zero-order valence-corrected chi connectivity index (χ0v) is 11.7. The monoisotopic (exact) mass is 260 g/mol. The van der Waals surface area contributed by atoms with Crippen LogP contribution in [0.1, 0.15) is 43.2 Å². The van der Waals surface area contributed by atoms with Crippen LogP contribution in [0.15, 0.2) is 18.3 Å². The maximum atomic E-state index is 12.2. The van der Waals surface area contributed by atoms with Crippen LogP contribution in [0.5, 0.6) is 0 Å². The van der Waals surface area contributed by atoms with Gasteiger partial charge in [-0.1, -0.05) is 11.8 Å². The Balaban J connectivity index is 2.82. The molecule has 0 saturated carbocycles. The normalized spacial score (nSPS) is 9.95. The van der Waals surface area contributed by atoms with E-state index in [9.17, 15) is 4.79 Å². The third-order valence-corrected chi connectivity index (χ3v) is 2.68. The maximum Gasteiger partial charge on any atom is 0.272 e. The van der Waals surface area contributed by atoms with E-state index in [2.05, 4.69) is 16.8 Å². The zero-order valence-electron chi connectivity index (χ0n) is 11.7. The van der Waals surface area contributed by atoms with Crippen molar-refractivity contribution >= 4 is 5.91 Å². The van der Waals surface area contributed by atoms with E-state index in [-0.39, 0.29) is 18.6 Å². The van der Waals surface area contributed by atoms with Crippen LogP contribution in [-0.2, 0) is 0 Å². The van der Waals surface area contributed by atoms with E-state index in [1.807, 2.05) is 20.8 Å². The van der Waals surface area contributed by atoms with E-state index >= 15 is 0 Å². The highest BCUT2D eigenvalue weighted by molar-refractivity contribution is 5.92. The number of nitrogens with zero attached hydrogens (tertiary/aromatic N) is 2. The summed E-state index contributed by atoms with van der Waals surface area (Å²) in [6.07, 6.45) is 2.03. The fourth-order valence-corrected chi connectivity index (χ4v) is 1.71. The third-order valence-electron chi connectivity index (χ3n) is 2.68. The van der Waals surface area contributed by atoms with Crippen molar-refractivity contribution < 1.29 is 9.90 Å². The summed E-state index contributed by atoms with van der Waals surface area (Å²) in [5, 5.41) is 8.63. The number of aliphatic hydroxyl groups is 1. The van der Waals surface area contributed by atoms with E-state index in [0.29, 0.717) is 18.7 Å². The Morgan fingerprint density at radius 2 is 2.21 bits per heavy atom. The first-order chi connectivity index (χ1) is 9.10. The molecular weight excluding hydrogens is 240 g/mol. The summed E-state index contributed by atoms with van der Waals surface area (Å²) in [5.41, 5.74) is 1.18. The van der Waals surface area contributed by atoms with Crippen molar-refractivity contribution in [3.8, 4) is 11.8 Å². The number of aliphatic hydroxyl groups excluding tert-OH is 1. The molecule has 0 fully saturated rings. The van der Waals surface area contributed by atoms with Gasteiger partial charge in [0.2, 0.25) is 0 Å². The van der Waals surface area contributed by atoms with Crippen LogP contribution < -0.4 is 0 Å². The van der Waals surface area contributed by atoms with Gasteiger partial charge in [-0.25, -0.2) is 4.98 Å². The summed E-state index contributed by atoms with van der Waals surface area (Å²) in [6, 6.07) is 3.62. The van der Waals surface area contributed by atoms with Crippen LogP contribution >= 0.6 is 0 Å². The topological polar surface area (TPSA) is 53.4 Å². The molecule has 0 spiro atoms. The molecular formula is C15H20N2O2. The van der Waals surface area contributed by atoms with Gasteiger partial charge in [-0.15, -0.1) is 0 Å². The van der Waals surface area contributed by atoms with Gasteiger partial charge in [-0.05, 0) is 32.9 Å². The number of rotatable bonds is 4. The molecule has 1 amide bonds. The Bertz CT molecular complexity index is 469. The van der Waals surface area contributed by atoms with Gasteiger partial charge in [0.1, 0.15) is 5.69 Å². The number of amides is 1. The van der Waals surface area contributed by atoms with Crippen molar-refractivity contribution in [1.82, 2.24) is 9.88 Å². The summed E-state index contributed by atoms with van der Waals surface area (Å²) < 4.78 is 0. The lowest BCUT2D eigenvalue weighted by Gasteiger charge is -2.24. The summed E-state index contributed by atoms with van der Waals surface area (Å²) in [7, 11) is 0. The molecule has 0 unspecified atom stereocenters. The SMILES string of the molecule is CCN(C(=O)c1ccc(C#CCCO)cn1)C(C)C. The van der Waals surface area contributed by atoms with Crippen LogP contribution in [0.2, 0.25) is 0 Å². The highest BCUT2D eigenvalue weighted by Crippen LogP contribution is 2.07. The largest absolute Gasteiger partial charge is 0.395 e. The molecule has 0 bridgehead atoms. The van der Waals surface area contributed by atoms with Crippen LogP contribution in [0.4, 0.5) is 0 Å². The van der Waals surface area contributed by atoms with Gasteiger partial charge in [0.05, 0.1) is 6.61 Å². The first-order valence-electron chi connectivity index (χ1n) is 6.46. The van der Waals surface area contributed by atoms with Gasteiger partial charge < -0.3 is 10.0 Å². The second-order valence-corrected chi connectivity index (χ2v) is 4.39. The third kappa shape index (κ3) is 4.38. The first-order valence-corrected chi connectivity index (χ1v) is 6.46. The van der Waals surface area contributed by atoms with Crippen molar-refractivity contribution in [2.24, 2.45) is 0 Å². The number of aromatic nitrogens is 1. The maximum absolute atomic E-state index is 12.2. The Morgan fingerprint density at radius 3 is 2.68 bits per heavy atom. The van der Waals surface area contributed by atoms with E-state index in [4.69, 9.17) is 5.11 Å². The molecule has 0 aliphatic rings. The summed E-state index contributed by atoms with van der Waals surface area (Å²) >= 11 is 0. The van der Waals surface area contributed by atoms with Crippen LogP contribution in [0, 0.1) is 11.8 Å². The van der Waals surface area contributed by atoms with Crippen molar-refractivity contribution in [3.63, 3.8) is 0 Å². The lowest BCUT2D eigenvalue weighted by molar-refractivity contribution is 0.0711. The van der Waals surface area contributed by atoms with Crippen molar-refractivity contribution in [2.45, 2.75) is 33.2 Å². The van der Waals surface area contributed by atoms with Gasteiger partial charge >= 0.3 is 0 Å². The van der Waals surface area contributed by atoms with Gasteiger partial charge in [0.25, 0.3) is 5.91 Å². The molecule has 1 N–H and O–H groups in total. The molecule has 1 aromatic heterocycles. The molecule has 0 aliphatic carbocycles. The fourth-order valence-electron chi connectivity index (χ4n) is 1.71. The molecule has 1 heterocycles. The van der Waals surface area contributed by atoms with E-state index in [1.165, 1.54) is 0 Å². The van der Waals surface area contributed by atoms with Crippen LogP contribution in [-0.4, -0.2) is 40.1 Å². The second kappa shape index (κ2) is 7.55. The number of pyridine rings is 1. The lowest BCUT2D eigenvalue weighted by atomic mass is 10.2. The minimum atomic E-state index is -0.0626. The molecule has 19 heavy (non-hydrogen) atoms. The van der Waals surface area contributed by atoms with E-state index in [1.54, 1.807) is 23.2 Å². The van der Waals surface area contributed by atoms with Gasteiger partial charge in [-0.3, -0.25) is 4.79 Å². The Morgan fingerprint density at radius 1 is 1.47 bits per heavy atom. The molecule has 4 nitrogen and oxygen atoms in total. The predicted octanol–water partition coefficient (Wildman–Crippen LogP) is 1.69. The molecule has 102 valence electrons. The summed E-state index contributed by atoms with van der Waals surface area (Å²) in [6.45, 7) is 6.63. The number of hydrogen-bond acceptors (Lipinski definition) is 3. The minimum Gasteiger partial charge on any atom is -0.395 e. The van der Waals surface area contributed by atoms with Crippen molar-refractivity contribution in [2.75, 3.05) is 13.2 Å². The number of carbonyl (C=O) groups excluding carboxylic acids is 1. The van der Waals surface area contributed by atoms with Crippen molar-refractivity contribution in [1.29, 1.82) is 0 Å². The molecule has 4 heteroatoms. The van der Waals surface area contributed by atoms with Gasteiger partial charge in [0.15, 0.2) is 0 Å². The molecule has 0 saturated heterocycles. The number of carbonyl (C=O) groups is 1. The van der Waals surface area contributed by atoms with E-state index in [0.717, 1.165) is 5.56 Å². The fraction of sp³-hybridized carbons (Fsp3) is 0.467. The minimum absolute atomic E-state index is 0.0524. The Hall–Kier alpha value is -1.86. The van der Waals surface area contributed by atoms with Crippen LogP contribution in [0.3, 0.4) is 0 Å². The van der Waals surface area contributed by atoms with E-state index < -0.39 is 0 Å². The molecule has 0 radical (unpaired) electrons. The Kier molecular flexibility index (Phi) is 6.04. The first kappa shape index (κ1) is 15.2. The lowest BCUT2D eigenvalue weighted by Crippen LogP contribution is -2.37. The average Bonchev–Trinajstić information content (AvgIpc) is 2.40. The highest BCUT2D eigenvalue weighted by Gasteiger charge is 2.17. The summed E-state index contributed by atoms with van der Waals surface area (Å²) in [4.78, 5) is 18.1. The molecule has 0 atom stereocenters. The standard InChI is InChI=1S/C15H20N2O2/c1-4-17(12(2)3)15(19)14-9-8-13(11-16-14)7-5-6-10-18/h8-9,11-12,18H,4,6,10H2,1-3H3. The predicted molar refractivity (Wildman–Crippen MR) is 74.7 cm³/mol. The Labute approximate surface area is 114 Å². The van der Waals surface area contributed by atoms with Crippen molar-refractivity contribution in [3.05, 3.63) is 29.6 Å². The quantitative estimate of drug-likeness (QED) is 0.838. The molecule has 0 aliphatic heterocycles. The molecule has 1 rings (SSSR count). The van der Waals surface area contributed by atoms with Crippen LogP contribution in [0.25, 0.3) is 0 Å². The average molecular weight is 260 g/mol. The zero-order chi connectivity index (χ0) is 14.3.